The van der Waals surface area contributed by atoms with E-state index in [1.165, 1.54) is 0 Å². The Morgan fingerprint density at radius 3 is 1.90 bits per heavy atom. The van der Waals surface area contributed by atoms with Crippen LogP contribution in [-0.2, 0) is 4.74 Å². The van der Waals surface area contributed by atoms with Crippen LogP contribution in [0, 0.1) is 6.92 Å². The Balaban J connectivity index is 1.05. The van der Waals surface area contributed by atoms with Crippen molar-refractivity contribution in [2.24, 2.45) is 0 Å². The second-order valence-electron chi connectivity index (χ2n) is 11.3. The van der Waals surface area contributed by atoms with Crippen LogP contribution in [0.5, 0.6) is 17.2 Å². The summed E-state index contributed by atoms with van der Waals surface area (Å²) in [6.07, 6.45) is -0.745. The maximum absolute atomic E-state index is 13.3. The van der Waals surface area contributed by atoms with E-state index in [0.717, 1.165) is 37.7 Å². The standard InChI is InChI=1S/C40H30O8/c1-24-33-21-29(46-37(42)23-45-39(43)38-31-12-6-3-9-27(31)20-28-10-4-7-13-32(28)38)17-14-26(33)15-18-35(24)47-40(44)48-36-19-16-25-8-2-5-11-30(25)34(36)22-41/h2-22,37,40,42,44H,23H2,1H3. The summed E-state index contributed by atoms with van der Waals surface area (Å²) in [7, 11) is 0. The topological polar surface area (TPSA) is 112 Å². The van der Waals surface area contributed by atoms with Gasteiger partial charge in [0.25, 0.3) is 0 Å². The number of rotatable bonds is 10. The quantitative estimate of drug-likeness (QED) is 0.0679. The van der Waals surface area contributed by atoms with Crippen molar-refractivity contribution in [3.8, 4) is 17.2 Å². The first-order valence-corrected chi connectivity index (χ1v) is 15.3. The van der Waals surface area contributed by atoms with Crippen molar-refractivity contribution >= 4 is 55.3 Å². The summed E-state index contributed by atoms with van der Waals surface area (Å²) in [6, 6.07) is 36.8. The van der Waals surface area contributed by atoms with Gasteiger partial charge < -0.3 is 29.2 Å². The molecule has 0 fully saturated rings. The maximum Gasteiger partial charge on any atom is 0.358 e. The molecule has 8 heteroatoms. The van der Waals surface area contributed by atoms with Crippen LogP contribution in [0.2, 0.25) is 0 Å². The van der Waals surface area contributed by atoms with E-state index in [1.54, 1.807) is 36.4 Å². The van der Waals surface area contributed by atoms with E-state index in [0.29, 0.717) is 39.9 Å². The molecule has 48 heavy (non-hydrogen) atoms. The number of aryl methyl sites for hydroxylation is 1. The lowest BCUT2D eigenvalue weighted by molar-refractivity contribution is -0.160. The van der Waals surface area contributed by atoms with Crippen LogP contribution in [0.3, 0.4) is 0 Å². The van der Waals surface area contributed by atoms with Crippen LogP contribution in [0.1, 0.15) is 26.3 Å². The van der Waals surface area contributed by atoms with Gasteiger partial charge in [0, 0.05) is 0 Å². The van der Waals surface area contributed by atoms with Crippen molar-refractivity contribution < 1.29 is 38.7 Å². The number of hydrogen-bond acceptors (Lipinski definition) is 8. The number of aldehydes is 1. The Morgan fingerprint density at radius 2 is 1.21 bits per heavy atom. The number of aliphatic hydroxyl groups is 2. The van der Waals surface area contributed by atoms with Crippen LogP contribution in [0.25, 0.3) is 43.1 Å². The van der Waals surface area contributed by atoms with Gasteiger partial charge in [-0.1, -0.05) is 91.0 Å². The van der Waals surface area contributed by atoms with Gasteiger partial charge >= 0.3 is 12.4 Å². The molecule has 0 heterocycles. The third kappa shape index (κ3) is 5.98. The molecule has 2 atom stereocenters. The van der Waals surface area contributed by atoms with Gasteiger partial charge in [-0.25, -0.2) is 4.79 Å². The first-order valence-electron chi connectivity index (χ1n) is 15.3. The van der Waals surface area contributed by atoms with Crippen LogP contribution < -0.4 is 14.2 Å². The normalized spacial score (nSPS) is 12.6. The monoisotopic (exact) mass is 638 g/mol. The first kappa shape index (κ1) is 30.7. The van der Waals surface area contributed by atoms with Crippen LogP contribution in [-0.4, -0.2) is 41.8 Å². The average Bonchev–Trinajstić information content (AvgIpc) is 3.10. The molecule has 7 aromatic rings. The number of benzene rings is 7. The second kappa shape index (κ2) is 13.0. The van der Waals surface area contributed by atoms with E-state index >= 15 is 0 Å². The highest BCUT2D eigenvalue weighted by molar-refractivity contribution is 6.16. The Kier molecular flexibility index (Phi) is 8.33. The van der Waals surface area contributed by atoms with Crippen LogP contribution >= 0.6 is 0 Å². The molecule has 0 saturated heterocycles. The summed E-state index contributed by atoms with van der Waals surface area (Å²) in [5.41, 5.74) is 1.42. The molecule has 2 N–H and O–H groups in total. The van der Waals surface area contributed by atoms with Crippen molar-refractivity contribution in [2.45, 2.75) is 19.7 Å². The molecule has 0 aromatic heterocycles. The van der Waals surface area contributed by atoms with Crippen molar-refractivity contribution in [2.75, 3.05) is 6.61 Å². The summed E-state index contributed by atoms with van der Waals surface area (Å²) in [5.74, 6) is 0.308. The number of hydrogen-bond donors (Lipinski definition) is 2. The molecule has 7 rings (SSSR count). The predicted molar refractivity (Wildman–Crippen MR) is 184 cm³/mol. The zero-order valence-electron chi connectivity index (χ0n) is 25.8. The maximum atomic E-state index is 13.3. The molecule has 0 spiro atoms. The molecule has 238 valence electrons. The number of fused-ring (bicyclic) bond motifs is 4. The van der Waals surface area contributed by atoms with Crippen LogP contribution in [0.4, 0.5) is 0 Å². The summed E-state index contributed by atoms with van der Waals surface area (Å²) in [4.78, 5) is 25.2. The molecule has 2 unspecified atom stereocenters. The first-order chi connectivity index (χ1) is 23.4. The van der Waals surface area contributed by atoms with Gasteiger partial charge in [0.05, 0.1) is 11.1 Å². The number of esters is 1. The highest BCUT2D eigenvalue weighted by Crippen LogP contribution is 2.33. The molecule has 8 nitrogen and oxygen atoms in total. The Hall–Kier alpha value is -5.96. The summed E-state index contributed by atoms with van der Waals surface area (Å²) >= 11 is 0. The summed E-state index contributed by atoms with van der Waals surface area (Å²) in [6.45, 7) is -0.276. The van der Waals surface area contributed by atoms with Gasteiger partial charge in [-0.05, 0) is 85.9 Å². The largest absolute Gasteiger partial charge is 0.461 e. The van der Waals surface area contributed by atoms with Crippen molar-refractivity contribution in [3.63, 3.8) is 0 Å². The lowest BCUT2D eigenvalue weighted by Gasteiger charge is -2.19. The molecule has 0 amide bonds. The fourth-order valence-corrected chi connectivity index (χ4v) is 6.01. The molecular formula is C40H30O8. The highest BCUT2D eigenvalue weighted by atomic mass is 16.8. The molecule has 0 aliphatic carbocycles. The van der Waals surface area contributed by atoms with Gasteiger partial charge in [-0.3, -0.25) is 4.79 Å². The predicted octanol–water partition coefficient (Wildman–Crippen LogP) is 7.71. The Bertz CT molecular complexity index is 2280. The fourth-order valence-electron chi connectivity index (χ4n) is 6.01. The molecular weight excluding hydrogens is 608 g/mol. The molecule has 0 radical (unpaired) electrons. The van der Waals surface area contributed by atoms with Crippen molar-refractivity contribution in [3.05, 3.63) is 138 Å². The minimum atomic E-state index is -1.70. The number of carbonyl (C=O) groups excluding carboxylic acids is 2. The molecule has 0 aliphatic rings. The summed E-state index contributed by atoms with van der Waals surface area (Å²) < 4.78 is 22.6. The summed E-state index contributed by atoms with van der Waals surface area (Å²) in [5, 5.41) is 27.9. The van der Waals surface area contributed by atoms with E-state index in [1.807, 2.05) is 91.9 Å². The number of ether oxygens (including phenoxy) is 4. The zero-order chi connectivity index (χ0) is 33.2. The van der Waals surface area contributed by atoms with E-state index < -0.39 is 25.3 Å². The van der Waals surface area contributed by atoms with E-state index in [9.17, 15) is 19.8 Å². The Morgan fingerprint density at radius 1 is 0.646 bits per heavy atom. The van der Waals surface area contributed by atoms with E-state index in [4.69, 9.17) is 18.9 Å². The zero-order valence-corrected chi connectivity index (χ0v) is 25.8. The van der Waals surface area contributed by atoms with Gasteiger partial charge in [-0.2, -0.15) is 0 Å². The molecule has 0 bridgehead atoms. The van der Waals surface area contributed by atoms with Gasteiger partial charge in [0.1, 0.15) is 17.2 Å². The van der Waals surface area contributed by atoms with Crippen LogP contribution in [0.15, 0.2) is 121 Å². The SMILES string of the molecule is Cc1c(OC(O)Oc2ccc3ccccc3c2C=O)ccc2ccc(OC(O)COC(=O)c3c4ccccc4cc4ccccc34)cc12. The van der Waals surface area contributed by atoms with Gasteiger partial charge in [0.2, 0.25) is 6.29 Å². The van der Waals surface area contributed by atoms with Gasteiger partial charge in [0.15, 0.2) is 12.9 Å². The van der Waals surface area contributed by atoms with E-state index in [2.05, 4.69) is 0 Å². The fraction of sp³-hybridized carbons (Fsp3) is 0.100. The minimum Gasteiger partial charge on any atom is -0.461 e. The molecule has 7 aromatic carbocycles. The Labute approximate surface area is 275 Å². The third-order valence-corrected chi connectivity index (χ3v) is 8.32. The number of carbonyl (C=O) groups is 2. The number of aliphatic hydroxyl groups excluding tert-OH is 2. The van der Waals surface area contributed by atoms with Gasteiger partial charge in [-0.15, -0.1) is 0 Å². The minimum absolute atomic E-state index is 0.189. The second-order valence-corrected chi connectivity index (χ2v) is 11.3. The van der Waals surface area contributed by atoms with Crippen molar-refractivity contribution in [1.29, 1.82) is 0 Å². The third-order valence-electron chi connectivity index (χ3n) is 8.32. The smallest absolute Gasteiger partial charge is 0.358 e. The highest BCUT2D eigenvalue weighted by Gasteiger charge is 2.19. The average molecular weight is 639 g/mol. The lowest BCUT2D eigenvalue weighted by Crippen LogP contribution is -2.24. The van der Waals surface area contributed by atoms with Crippen molar-refractivity contribution in [1.82, 2.24) is 0 Å². The molecule has 0 aliphatic heterocycles. The lowest BCUT2D eigenvalue weighted by atomic mass is 9.97. The molecule has 0 saturated carbocycles. The van der Waals surface area contributed by atoms with E-state index in [-0.39, 0.29) is 5.75 Å².